The first-order chi connectivity index (χ1) is 9.58. The smallest absolute Gasteiger partial charge is 0.334 e. The van der Waals surface area contributed by atoms with Crippen LogP contribution in [-0.4, -0.2) is 53.8 Å². The molecule has 0 saturated carbocycles. The van der Waals surface area contributed by atoms with Gasteiger partial charge in [-0.1, -0.05) is 33.1 Å². The number of nitrogens with zero attached hydrogens (tertiary/aromatic N) is 1. The Balaban J connectivity index is 2.48. The summed E-state index contributed by atoms with van der Waals surface area (Å²) in [6.07, 6.45) is 4.24. The molecule has 1 aliphatic heterocycles. The average Bonchev–Trinajstić information content (AvgIpc) is 2.45. The Kier molecular flexibility index (Phi) is 7.36. The number of amides is 2. The molecule has 0 aromatic carbocycles. The number of urea groups is 1. The van der Waals surface area contributed by atoms with Gasteiger partial charge in [-0.15, -0.1) is 0 Å². The van der Waals surface area contributed by atoms with Crippen molar-refractivity contribution in [1.82, 2.24) is 10.2 Å². The van der Waals surface area contributed by atoms with Crippen molar-refractivity contribution >= 4 is 12.0 Å². The lowest BCUT2D eigenvalue weighted by atomic mass is 10.1. The van der Waals surface area contributed by atoms with E-state index in [-0.39, 0.29) is 25.2 Å². The predicted octanol–water partition coefficient (Wildman–Crippen LogP) is 1.84. The van der Waals surface area contributed by atoms with Gasteiger partial charge in [0, 0.05) is 12.6 Å². The maximum absolute atomic E-state index is 12.2. The fourth-order valence-electron chi connectivity index (χ4n) is 2.34. The number of carboxylic acid groups (broad SMARTS) is 1. The van der Waals surface area contributed by atoms with Gasteiger partial charge in [0.2, 0.25) is 0 Å². The SMILES string of the molecule is CCCCC(CCC)NC(=O)N1CCOC(C(=O)O)C1. The van der Waals surface area contributed by atoms with Gasteiger partial charge >= 0.3 is 12.0 Å². The van der Waals surface area contributed by atoms with E-state index in [0.717, 1.165) is 32.1 Å². The standard InChI is InChI=1S/C14H26N2O4/c1-3-5-7-11(6-4-2)15-14(19)16-8-9-20-12(10-16)13(17)18/h11-12H,3-10H2,1-2H3,(H,15,19)(H,17,18). The summed E-state index contributed by atoms with van der Waals surface area (Å²) >= 11 is 0. The van der Waals surface area contributed by atoms with E-state index >= 15 is 0 Å². The quantitative estimate of drug-likeness (QED) is 0.748. The summed E-state index contributed by atoms with van der Waals surface area (Å²) in [5.74, 6) is -1.02. The first-order valence-corrected chi connectivity index (χ1v) is 7.48. The normalized spacial score (nSPS) is 20.5. The van der Waals surface area contributed by atoms with Crippen LogP contribution in [0.3, 0.4) is 0 Å². The van der Waals surface area contributed by atoms with E-state index in [0.29, 0.717) is 6.54 Å². The fraction of sp³-hybridized carbons (Fsp3) is 0.857. The largest absolute Gasteiger partial charge is 0.479 e. The van der Waals surface area contributed by atoms with Crippen LogP contribution >= 0.6 is 0 Å². The van der Waals surface area contributed by atoms with Crippen LogP contribution in [0, 0.1) is 0 Å². The van der Waals surface area contributed by atoms with E-state index in [2.05, 4.69) is 19.2 Å². The van der Waals surface area contributed by atoms with Crippen molar-refractivity contribution in [2.75, 3.05) is 19.7 Å². The highest BCUT2D eigenvalue weighted by Gasteiger charge is 2.29. The fourth-order valence-corrected chi connectivity index (χ4v) is 2.34. The van der Waals surface area contributed by atoms with Crippen LogP contribution in [0.15, 0.2) is 0 Å². The number of carbonyl (C=O) groups excluding carboxylic acids is 1. The van der Waals surface area contributed by atoms with Crippen molar-refractivity contribution in [2.24, 2.45) is 0 Å². The molecule has 1 heterocycles. The second-order valence-corrected chi connectivity index (χ2v) is 5.22. The molecule has 6 heteroatoms. The summed E-state index contributed by atoms with van der Waals surface area (Å²) in [6.45, 7) is 5.07. The zero-order valence-corrected chi connectivity index (χ0v) is 12.4. The molecule has 1 saturated heterocycles. The molecule has 116 valence electrons. The van der Waals surface area contributed by atoms with E-state index < -0.39 is 12.1 Å². The number of unbranched alkanes of at least 4 members (excludes halogenated alkanes) is 1. The number of morpholine rings is 1. The first-order valence-electron chi connectivity index (χ1n) is 7.48. The van der Waals surface area contributed by atoms with Crippen molar-refractivity contribution in [2.45, 2.75) is 58.1 Å². The van der Waals surface area contributed by atoms with Crippen LogP contribution in [-0.2, 0) is 9.53 Å². The molecule has 0 aromatic heterocycles. The van der Waals surface area contributed by atoms with Crippen molar-refractivity contribution < 1.29 is 19.4 Å². The minimum Gasteiger partial charge on any atom is -0.479 e. The van der Waals surface area contributed by atoms with Crippen LogP contribution in [0.4, 0.5) is 4.79 Å². The first kappa shape index (κ1) is 16.8. The van der Waals surface area contributed by atoms with Gasteiger partial charge < -0.3 is 20.1 Å². The van der Waals surface area contributed by atoms with Gasteiger partial charge in [-0.3, -0.25) is 0 Å². The van der Waals surface area contributed by atoms with Gasteiger partial charge in [-0.05, 0) is 12.8 Å². The Labute approximate surface area is 120 Å². The Morgan fingerprint density at radius 3 is 2.70 bits per heavy atom. The van der Waals surface area contributed by atoms with Crippen molar-refractivity contribution in [3.63, 3.8) is 0 Å². The molecule has 0 spiro atoms. The second-order valence-electron chi connectivity index (χ2n) is 5.22. The van der Waals surface area contributed by atoms with Gasteiger partial charge in [-0.2, -0.15) is 0 Å². The lowest BCUT2D eigenvalue weighted by molar-refractivity contribution is -0.154. The van der Waals surface area contributed by atoms with E-state index in [4.69, 9.17) is 9.84 Å². The summed E-state index contributed by atoms with van der Waals surface area (Å²) in [7, 11) is 0. The molecule has 1 fully saturated rings. The predicted molar refractivity (Wildman–Crippen MR) is 75.7 cm³/mol. The summed E-state index contributed by atoms with van der Waals surface area (Å²) in [5, 5.41) is 12.0. The van der Waals surface area contributed by atoms with Crippen LogP contribution in [0.5, 0.6) is 0 Å². The van der Waals surface area contributed by atoms with Gasteiger partial charge in [-0.25, -0.2) is 9.59 Å². The van der Waals surface area contributed by atoms with Gasteiger partial charge in [0.1, 0.15) is 0 Å². The molecule has 2 atom stereocenters. The molecular formula is C14H26N2O4. The van der Waals surface area contributed by atoms with E-state index in [1.807, 2.05) is 0 Å². The molecule has 2 unspecified atom stereocenters. The molecule has 1 aliphatic rings. The molecule has 2 N–H and O–H groups in total. The highest BCUT2D eigenvalue weighted by Crippen LogP contribution is 2.10. The van der Waals surface area contributed by atoms with E-state index in [9.17, 15) is 9.59 Å². The number of carbonyl (C=O) groups is 2. The Morgan fingerprint density at radius 1 is 1.35 bits per heavy atom. The number of aliphatic carboxylic acids is 1. The third-order valence-electron chi connectivity index (χ3n) is 3.50. The molecule has 20 heavy (non-hydrogen) atoms. The lowest BCUT2D eigenvalue weighted by Crippen LogP contribution is -2.53. The Bertz CT molecular complexity index is 322. The molecular weight excluding hydrogens is 260 g/mol. The number of hydrogen-bond acceptors (Lipinski definition) is 3. The van der Waals surface area contributed by atoms with E-state index in [1.54, 1.807) is 0 Å². The topological polar surface area (TPSA) is 78.9 Å². The summed E-state index contributed by atoms with van der Waals surface area (Å²) in [4.78, 5) is 24.6. The maximum Gasteiger partial charge on any atom is 0.334 e. The highest BCUT2D eigenvalue weighted by atomic mass is 16.5. The summed E-state index contributed by atoms with van der Waals surface area (Å²) in [6, 6.07) is 0.00711. The van der Waals surface area contributed by atoms with Gasteiger partial charge in [0.15, 0.2) is 6.10 Å². The molecule has 0 aromatic rings. The zero-order chi connectivity index (χ0) is 15.0. The molecule has 1 rings (SSSR count). The monoisotopic (exact) mass is 286 g/mol. The van der Waals surface area contributed by atoms with Crippen LogP contribution in [0.1, 0.15) is 46.0 Å². The molecule has 0 radical (unpaired) electrons. The third kappa shape index (κ3) is 5.36. The Hall–Kier alpha value is -1.30. The van der Waals surface area contributed by atoms with Crippen LogP contribution < -0.4 is 5.32 Å². The summed E-state index contributed by atoms with van der Waals surface area (Å²) in [5.41, 5.74) is 0. The van der Waals surface area contributed by atoms with Crippen molar-refractivity contribution in [3.05, 3.63) is 0 Å². The lowest BCUT2D eigenvalue weighted by Gasteiger charge is -2.32. The van der Waals surface area contributed by atoms with Gasteiger partial charge in [0.05, 0.1) is 13.2 Å². The summed E-state index contributed by atoms with van der Waals surface area (Å²) < 4.78 is 5.12. The Morgan fingerprint density at radius 2 is 2.10 bits per heavy atom. The van der Waals surface area contributed by atoms with Crippen LogP contribution in [0.25, 0.3) is 0 Å². The minimum absolute atomic E-state index is 0.119. The molecule has 2 amide bonds. The number of ether oxygens (including phenoxy) is 1. The zero-order valence-electron chi connectivity index (χ0n) is 12.4. The molecule has 0 bridgehead atoms. The second kappa shape index (κ2) is 8.79. The van der Waals surface area contributed by atoms with Gasteiger partial charge in [0.25, 0.3) is 0 Å². The highest BCUT2D eigenvalue weighted by molar-refractivity contribution is 5.77. The maximum atomic E-state index is 12.2. The number of carboxylic acids is 1. The van der Waals surface area contributed by atoms with E-state index in [1.165, 1.54) is 4.90 Å². The van der Waals surface area contributed by atoms with Crippen LogP contribution in [0.2, 0.25) is 0 Å². The van der Waals surface area contributed by atoms with Crippen molar-refractivity contribution in [3.8, 4) is 0 Å². The average molecular weight is 286 g/mol. The molecule has 0 aliphatic carbocycles. The number of rotatable bonds is 7. The number of nitrogens with one attached hydrogen (secondary N) is 1. The number of hydrogen-bond donors (Lipinski definition) is 2. The van der Waals surface area contributed by atoms with Crippen molar-refractivity contribution in [1.29, 1.82) is 0 Å². The third-order valence-corrected chi connectivity index (χ3v) is 3.50. The molecule has 6 nitrogen and oxygen atoms in total. The minimum atomic E-state index is -1.02.